The number of alkyl halides is 3. The molecular weight excluding hydrogens is 269 g/mol. The molecule has 1 heterocycles. The van der Waals surface area contributed by atoms with Crippen LogP contribution in [0, 0.1) is 11.8 Å². The molecule has 3 nitrogen and oxygen atoms in total. The van der Waals surface area contributed by atoms with E-state index in [1.807, 2.05) is 6.92 Å². The smallest absolute Gasteiger partial charge is 0.352 e. The number of halogens is 3. The van der Waals surface area contributed by atoms with Crippen molar-refractivity contribution >= 4 is 5.91 Å². The molecule has 110 valence electrons. The third kappa shape index (κ3) is 3.50. The molecule has 0 aliphatic carbocycles. The zero-order chi connectivity index (χ0) is 14.8. The Balaban J connectivity index is 1.89. The van der Waals surface area contributed by atoms with E-state index in [-0.39, 0.29) is 24.3 Å². The average molecular weight is 286 g/mol. The van der Waals surface area contributed by atoms with Gasteiger partial charge in [-0.25, -0.2) is 0 Å². The SMILES string of the molecule is C[C@@H]1CNC[C@H]1C(=O)NCc1ccc(C(F)(F)F)cc1. The first kappa shape index (κ1) is 14.8. The highest BCUT2D eigenvalue weighted by atomic mass is 19.4. The van der Waals surface area contributed by atoms with Crippen molar-refractivity contribution in [1.82, 2.24) is 10.6 Å². The van der Waals surface area contributed by atoms with Crippen molar-refractivity contribution in [1.29, 1.82) is 0 Å². The minimum absolute atomic E-state index is 0.0533. The van der Waals surface area contributed by atoms with Crippen LogP contribution in [0.5, 0.6) is 0 Å². The van der Waals surface area contributed by atoms with Gasteiger partial charge in [-0.2, -0.15) is 13.2 Å². The van der Waals surface area contributed by atoms with Crippen LogP contribution in [-0.4, -0.2) is 19.0 Å². The zero-order valence-electron chi connectivity index (χ0n) is 11.1. The van der Waals surface area contributed by atoms with E-state index in [4.69, 9.17) is 0 Å². The quantitative estimate of drug-likeness (QED) is 0.894. The minimum atomic E-state index is -4.33. The molecule has 2 N–H and O–H groups in total. The summed E-state index contributed by atoms with van der Waals surface area (Å²) >= 11 is 0. The normalized spacial score (nSPS) is 22.8. The van der Waals surface area contributed by atoms with Gasteiger partial charge in [0.05, 0.1) is 11.5 Å². The van der Waals surface area contributed by atoms with E-state index in [1.54, 1.807) is 0 Å². The van der Waals surface area contributed by atoms with Crippen LogP contribution in [0.1, 0.15) is 18.1 Å². The number of hydrogen-bond acceptors (Lipinski definition) is 2. The lowest BCUT2D eigenvalue weighted by Gasteiger charge is -2.14. The maximum atomic E-state index is 12.4. The first-order valence-corrected chi connectivity index (χ1v) is 6.52. The summed E-state index contributed by atoms with van der Waals surface area (Å²) in [5.41, 5.74) is -0.0221. The van der Waals surface area contributed by atoms with Crippen molar-refractivity contribution in [2.24, 2.45) is 11.8 Å². The van der Waals surface area contributed by atoms with Gasteiger partial charge >= 0.3 is 6.18 Å². The maximum absolute atomic E-state index is 12.4. The van der Waals surface area contributed by atoms with E-state index in [2.05, 4.69) is 10.6 Å². The van der Waals surface area contributed by atoms with Gasteiger partial charge in [0.15, 0.2) is 0 Å². The Kier molecular flexibility index (Phi) is 4.32. The summed E-state index contributed by atoms with van der Waals surface area (Å²) in [6, 6.07) is 4.83. The standard InChI is InChI=1S/C14H17F3N2O/c1-9-6-18-8-12(9)13(20)19-7-10-2-4-11(5-3-10)14(15,16)17/h2-5,9,12,18H,6-8H2,1H3,(H,19,20)/t9-,12-/m1/s1. The molecular formula is C14H17F3N2O. The fourth-order valence-electron chi connectivity index (χ4n) is 2.29. The van der Waals surface area contributed by atoms with E-state index in [0.29, 0.717) is 12.1 Å². The van der Waals surface area contributed by atoms with Gasteiger partial charge in [-0.1, -0.05) is 19.1 Å². The van der Waals surface area contributed by atoms with Gasteiger partial charge in [-0.3, -0.25) is 4.79 Å². The Morgan fingerprint density at radius 1 is 1.30 bits per heavy atom. The van der Waals surface area contributed by atoms with Gasteiger partial charge in [-0.15, -0.1) is 0 Å². The van der Waals surface area contributed by atoms with E-state index >= 15 is 0 Å². The fourth-order valence-corrected chi connectivity index (χ4v) is 2.29. The Labute approximate surface area is 115 Å². The molecule has 1 aromatic rings. The van der Waals surface area contributed by atoms with Gasteiger partial charge < -0.3 is 10.6 Å². The molecule has 2 rings (SSSR count). The maximum Gasteiger partial charge on any atom is 0.416 e. The van der Waals surface area contributed by atoms with Crippen molar-refractivity contribution < 1.29 is 18.0 Å². The lowest BCUT2D eigenvalue weighted by Crippen LogP contribution is -2.33. The van der Waals surface area contributed by atoms with Crippen molar-refractivity contribution in [3.8, 4) is 0 Å². The molecule has 1 aromatic carbocycles. The predicted molar refractivity (Wildman–Crippen MR) is 68.8 cm³/mol. The number of amides is 1. The second-order valence-electron chi connectivity index (χ2n) is 5.15. The molecule has 0 spiro atoms. The van der Waals surface area contributed by atoms with Gasteiger partial charge in [0, 0.05) is 13.1 Å². The van der Waals surface area contributed by atoms with Crippen molar-refractivity contribution in [2.45, 2.75) is 19.6 Å². The third-order valence-electron chi connectivity index (χ3n) is 3.60. The first-order chi connectivity index (χ1) is 9.38. The largest absolute Gasteiger partial charge is 0.416 e. The molecule has 0 saturated carbocycles. The molecule has 2 atom stereocenters. The van der Waals surface area contributed by atoms with Crippen LogP contribution in [0.4, 0.5) is 13.2 Å². The first-order valence-electron chi connectivity index (χ1n) is 6.52. The van der Waals surface area contributed by atoms with Crippen LogP contribution in [0.2, 0.25) is 0 Å². The van der Waals surface area contributed by atoms with Crippen molar-refractivity contribution in [2.75, 3.05) is 13.1 Å². The number of rotatable bonds is 3. The van der Waals surface area contributed by atoms with Crippen LogP contribution >= 0.6 is 0 Å². The molecule has 1 amide bonds. The van der Waals surface area contributed by atoms with E-state index in [9.17, 15) is 18.0 Å². The molecule has 1 aliphatic rings. The molecule has 6 heteroatoms. The number of nitrogens with one attached hydrogen (secondary N) is 2. The Hall–Kier alpha value is -1.56. The molecule has 0 radical (unpaired) electrons. The molecule has 0 unspecified atom stereocenters. The second kappa shape index (κ2) is 5.83. The van der Waals surface area contributed by atoms with Gasteiger partial charge in [0.1, 0.15) is 0 Å². The number of carbonyl (C=O) groups is 1. The highest BCUT2D eigenvalue weighted by Crippen LogP contribution is 2.29. The van der Waals surface area contributed by atoms with Crippen LogP contribution in [0.25, 0.3) is 0 Å². The van der Waals surface area contributed by atoms with E-state index in [0.717, 1.165) is 18.7 Å². The van der Waals surface area contributed by atoms with E-state index in [1.165, 1.54) is 12.1 Å². The summed E-state index contributed by atoms with van der Waals surface area (Å²) in [6.45, 7) is 3.72. The second-order valence-corrected chi connectivity index (χ2v) is 5.15. The lowest BCUT2D eigenvalue weighted by atomic mass is 9.97. The lowest BCUT2D eigenvalue weighted by molar-refractivity contribution is -0.137. The van der Waals surface area contributed by atoms with Crippen molar-refractivity contribution in [3.05, 3.63) is 35.4 Å². The zero-order valence-corrected chi connectivity index (χ0v) is 11.1. The number of hydrogen-bond donors (Lipinski definition) is 2. The summed E-state index contributed by atoms with van der Waals surface area (Å²) in [5.74, 6) is 0.162. The summed E-state index contributed by atoms with van der Waals surface area (Å²) < 4.78 is 37.2. The Morgan fingerprint density at radius 3 is 2.45 bits per heavy atom. The summed E-state index contributed by atoms with van der Waals surface area (Å²) in [4.78, 5) is 11.9. The summed E-state index contributed by atoms with van der Waals surface area (Å²) in [5, 5.41) is 5.91. The molecule has 0 bridgehead atoms. The minimum Gasteiger partial charge on any atom is -0.352 e. The summed E-state index contributed by atoms with van der Waals surface area (Å²) in [7, 11) is 0. The molecule has 0 aromatic heterocycles. The topological polar surface area (TPSA) is 41.1 Å². The van der Waals surface area contributed by atoms with Gasteiger partial charge in [0.2, 0.25) is 5.91 Å². The Bertz CT molecular complexity index is 470. The van der Waals surface area contributed by atoms with E-state index < -0.39 is 11.7 Å². The van der Waals surface area contributed by atoms with Gasteiger partial charge in [-0.05, 0) is 30.2 Å². The van der Waals surface area contributed by atoms with Crippen LogP contribution in [0.3, 0.4) is 0 Å². The third-order valence-corrected chi connectivity index (χ3v) is 3.60. The van der Waals surface area contributed by atoms with Crippen LogP contribution in [-0.2, 0) is 17.5 Å². The molecule has 1 saturated heterocycles. The number of carbonyl (C=O) groups excluding carboxylic acids is 1. The highest BCUT2D eigenvalue weighted by Gasteiger charge is 2.30. The molecule has 1 fully saturated rings. The van der Waals surface area contributed by atoms with Crippen LogP contribution in [0.15, 0.2) is 24.3 Å². The summed E-state index contributed by atoms with van der Waals surface area (Å²) in [6.07, 6.45) is -4.33. The Morgan fingerprint density at radius 2 is 1.95 bits per heavy atom. The monoisotopic (exact) mass is 286 g/mol. The number of benzene rings is 1. The predicted octanol–water partition coefficient (Wildman–Crippen LogP) is 2.18. The fraction of sp³-hybridized carbons (Fsp3) is 0.500. The highest BCUT2D eigenvalue weighted by molar-refractivity contribution is 5.79. The van der Waals surface area contributed by atoms with Crippen LogP contribution < -0.4 is 10.6 Å². The molecule has 20 heavy (non-hydrogen) atoms. The molecule has 1 aliphatic heterocycles. The van der Waals surface area contributed by atoms with Crippen molar-refractivity contribution in [3.63, 3.8) is 0 Å². The average Bonchev–Trinajstić information content (AvgIpc) is 2.82. The van der Waals surface area contributed by atoms with Gasteiger partial charge in [0.25, 0.3) is 0 Å².